The molecule has 0 aromatic heterocycles. The van der Waals surface area contributed by atoms with Crippen molar-refractivity contribution >= 4 is 45.8 Å². The Hall–Kier alpha value is -1.11. The molecule has 0 radical (unpaired) electrons. The van der Waals surface area contributed by atoms with Gasteiger partial charge in [0.1, 0.15) is 0 Å². The van der Waals surface area contributed by atoms with E-state index < -0.39 is 0 Å². The lowest BCUT2D eigenvalue weighted by Gasteiger charge is -2.10. The number of para-hydroxylation sites is 1. The van der Waals surface area contributed by atoms with Crippen molar-refractivity contribution in [3.8, 4) is 0 Å². The van der Waals surface area contributed by atoms with Gasteiger partial charge in [-0.15, -0.1) is 0 Å². The predicted molar refractivity (Wildman–Crippen MR) is 86.5 cm³/mol. The summed E-state index contributed by atoms with van der Waals surface area (Å²) in [6.07, 6.45) is 0. The molecule has 1 amide bonds. The highest BCUT2D eigenvalue weighted by Gasteiger charge is 2.12. The van der Waals surface area contributed by atoms with Gasteiger partial charge in [0.05, 0.1) is 5.56 Å². The summed E-state index contributed by atoms with van der Waals surface area (Å²) >= 11 is 8.03. The quantitative estimate of drug-likeness (QED) is 0.791. The Morgan fingerprint density at radius 1 is 1.26 bits per heavy atom. The van der Waals surface area contributed by atoms with Gasteiger partial charge in [-0.05, 0) is 52.4 Å². The van der Waals surface area contributed by atoms with E-state index in [1.165, 1.54) is 0 Å². The van der Waals surface area contributed by atoms with E-state index in [1.54, 1.807) is 12.1 Å². The third-order valence-electron chi connectivity index (χ3n) is 2.66. The van der Waals surface area contributed by atoms with E-state index in [2.05, 4.69) is 27.9 Å². The lowest BCUT2D eigenvalue weighted by Crippen LogP contribution is -2.15. The van der Waals surface area contributed by atoms with Gasteiger partial charge in [0.15, 0.2) is 0 Å². The summed E-state index contributed by atoms with van der Waals surface area (Å²) in [6, 6.07) is 12.7. The largest absolute Gasteiger partial charge is 0.326 e. The number of nitrogens with one attached hydrogen (secondary N) is 1. The highest BCUT2D eigenvalue weighted by Crippen LogP contribution is 2.21. The van der Waals surface area contributed by atoms with Gasteiger partial charge in [-0.1, -0.05) is 29.8 Å². The number of rotatable bonds is 3. The second-order valence-corrected chi connectivity index (χ2v) is 5.54. The molecule has 0 heterocycles. The summed E-state index contributed by atoms with van der Waals surface area (Å²) < 4.78 is 0.852. The van der Waals surface area contributed by atoms with Crippen molar-refractivity contribution in [2.24, 2.45) is 5.73 Å². The molecule has 0 aliphatic heterocycles. The van der Waals surface area contributed by atoms with E-state index in [0.717, 1.165) is 14.8 Å². The Kier molecular flexibility index (Phi) is 4.79. The van der Waals surface area contributed by atoms with Gasteiger partial charge in [0.25, 0.3) is 5.91 Å². The van der Waals surface area contributed by atoms with Crippen LogP contribution in [0.15, 0.2) is 42.5 Å². The number of nitrogens with two attached hydrogens (primary N) is 1. The first kappa shape index (κ1) is 14.3. The van der Waals surface area contributed by atoms with Crippen LogP contribution < -0.4 is 11.1 Å². The van der Waals surface area contributed by atoms with E-state index in [4.69, 9.17) is 17.3 Å². The van der Waals surface area contributed by atoms with Crippen LogP contribution in [0.4, 0.5) is 5.69 Å². The van der Waals surface area contributed by atoms with Crippen LogP contribution in [0.2, 0.25) is 5.02 Å². The van der Waals surface area contributed by atoms with Gasteiger partial charge in [-0.2, -0.15) is 0 Å². The van der Waals surface area contributed by atoms with Crippen LogP contribution in [-0.4, -0.2) is 5.91 Å². The van der Waals surface area contributed by atoms with E-state index in [-0.39, 0.29) is 5.91 Å². The zero-order valence-electron chi connectivity index (χ0n) is 9.99. The zero-order valence-corrected chi connectivity index (χ0v) is 12.9. The molecule has 0 atom stereocenters. The maximum absolute atomic E-state index is 12.2. The molecule has 0 bridgehead atoms. The standard InChI is InChI=1S/C14H12ClIN2O/c15-10-5-6-12(16)11(7-10)14(19)18-13-4-2-1-3-9(13)8-17/h1-7H,8,17H2,(H,18,19). The summed E-state index contributed by atoms with van der Waals surface area (Å²) in [6.45, 7) is 0.378. The summed E-state index contributed by atoms with van der Waals surface area (Å²) in [7, 11) is 0. The maximum atomic E-state index is 12.2. The molecule has 0 spiro atoms. The molecule has 0 unspecified atom stereocenters. The SMILES string of the molecule is NCc1ccccc1NC(=O)c1cc(Cl)ccc1I. The lowest BCUT2D eigenvalue weighted by atomic mass is 10.1. The molecule has 5 heteroatoms. The average molecular weight is 387 g/mol. The maximum Gasteiger partial charge on any atom is 0.256 e. The molecule has 0 fully saturated rings. The van der Waals surface area contributed by atoms with Crippen molar-refractivity contribution in [3.63, 3.8) is 0 Å². The van der Waals surface area contributed by atoms with Gasteiger partial charge >= 0.3 is 0 Å². The zero-order chi connectivity index (χ0) is 13.8. The molecular formula is C14H12ClIN2O. The Bertz CT molecular complexity index is 616. The van der Waals surface area contributed by atoms with Crippen LogP contribution in [-0.2, 0) is 6.54 Å². The second-order valence-electron chi connectivity index (χ2n) is 3.94. The molecule has 2 aromatic rings. The predicted octanol–water partition coefficient (Wildman–Crippen LogP) is 3.66. The molecule has 0 aliphatic carbocycles. The molecule has 98 valence electrons. The number of amides is 1. The van der Waals surface area contributed by atoms with Gasteiger partial charge in [-0.25, -0.2) is 0 Å². The van der Waals surface area contributed by atoms with Gasteiger partial charge in [-0.3, -0.25) is 4.79 Å². The first-order chi connectivity index (χ1) is 9.11. The summed E-state index contributed by atoms with van der Waals surface area (Å²) in [5.74, 6) is -0.187. The molecule has 19 heavy (non-hydrogen) atoms. The number of hydrogen-bond donors (Lipinski definition) is 2. The highest BCUT2D eigenvalue weighted by atomic mass is 127. The third-order valence-corrected chi connectivity index (χ3v) is 3.83. The van der Waals surface area contributed by atoms with Crippen molar-refractivity contribution in [1.29, 1.82) is 0 Å². The lowest BCUT2D eigenvalue weighted by molar-refractivity contribution is 0.102. The van der Waals surface area contributed by atoms with Crippen molar-refractivity contribution in [2.75, 3.05) is 5.32 Å². The molecule has 0 saturated heterocycles. The van der Waals surface area contributed by atoms with Crippen LogP contribution in [0, 0.1) is 3.57 Å². The number of carbonyl (C=O) groups is 1. The smallest absolute Gasteiger partial charge is 0.256 e. The first-order valence-corrected chi connectivity index (χ1v) is 7.12. The van der Waals surface area contributed by atoms with Gasteiger partial charge in [0.2, 0.25) is 0 Å². The third kappa shape index (κ3) is 3.46. The van der Waals surface area contributed by atoms with Crippen LogP contribution >= 0.6 is 34.2 Å². The number of benzene rings is 2. The Morgan fingerprint density at radius 3 is 2.74 bits per heavy atom. The molecule has 2 rings (SSSR count). The van der Waals surface area contributed by atoms with E-state index >= 15 is 0 Å². The molecule has 0 saturated carbocycles. The Labute approximate surface area is 130 Å². The topological polar surface area (TPSA) is 55.1 Å². The first-order valence-electron chi connectivity index (χ1n) is 5.66. The van der Waals surface area contributed by atoms with Crippen LogP contribution in [0.1, 0.15) is 15.9 Å². The second kappa shape index (κ2) is 6.36. The molecule has 0 aliphatic rings. The van der Waals surface area contributed by atoms with Crippen molar-refractivity contribution in [2.45, 2.75) is 6.54 Å². The van der Waals surface area contributed by atoms with Gasteiger partial charge in [0, 0.05) is 20.8 Å². The van der Waals surface area contributed by atoms with Crippen LogP contribution in [0.25, 0.3) is 0 Å². The molecule has 3 nitrogen and oxygen atoms in total. The summed E-state index contributed by atoms with van der Waals surface area (Å²) in [5, 5.41) is 3.40. The van der Waals surface area contributed by atoms with Gasteiger partial charge < -0.3 is 11.1 Å². The van der Waals surface area contributed by atoms with Crippen LogP contribution in [0.5, 0.6) is 0 Å². The summed E-state index contributed by atoms with van der Waals surface area (Å²) in [4.78, 5) is 12.2. The Morgan fingerprint density at radius 2 is 2.00 bits per heavy atom. The van der Waals surface area contributed by atoms with Crippen molar-refractivity contribution in [1.82, 2.24) is 0 Å². The number of anilines is 1. The fourth-order valence-electron chi connectivity index (χ4n) is 1.68. The minimum Gasteiger partial charge on any atom is -0.326 e. The van der Waals surface area contributed by atoms with Crippen molar-refractivity contribution in [3.05, 3.63) is 62.2 Å². The Balaban J connectivity index is 2.28. The van der Waals surface area contributed by atoms with E-state index in [1.807, 2.05) is 30.3 Å². The number of halogens is 2. The monoisotopic (exact) mass is 386 g/mol. The fourth-order valence-corrected chi connectivity index (χ4v) is 2.43. The number of carbonyl (C=O) groups excluding carboxylic acids is 1. The number of hydrogen-bond acceptors (Lipinski definition) is 2. The normalized spacial score (nSPS) is 10.3. The minimum absolute atomic E-state index is 0.187. The molecule has 2 aromatic carbocycles. The molecule has 3 N–H and O–H groups in total. The highest BCUT2D eigenvalue weighted by molar-refractivity contribution is 14.1. The van der Waals surface area contributed by atoms with Crippen LogP contribution in [0.3, 0.4) is 0 Å². The van der Waals surface area contributed by atoms with E-state index in [0.29, 0.717) is 17.1 Å². The average Bonchev–Trinajstić information content (AvgIpc) is 2.42. The van der Waals surface area contributed by atoms with E-state index in [9.17, 15) is 4.79 Å². The minimum atomic E-state index is -0.187. The van der Waals surface area contributed by atoms with Crippen molar-refractivity contribution < 1.29 is 4.79 Å². The fraction of sp³-hybridized carbons (Fsp3) is 0.0714. The summed E-state index contributed by atoms with van der Waals surface area (Å²) in [5.41, 5.74) is 7.82. The molecular weight excluding hydrogens is 375 g/mol.